The van der Waals surface area contributed by atoms with Crippen LogP contribution < -0.4 is 10.6 Å². The third-order valence-corrected chi connectivity index (χ3v) is 5.22. The maximum atomic E-state index is 12.6. The lowest BCUT2D eigenvalue weighted by Gasteiger charge is -2.19. The molecule has 5 nitrogen and oxygen atoms in total. The molecule has 2 N–H and O–H groups in total. The molecule has 0 spiro atoms. The van der Waals surface area contributed by atoms with Gasteiger partial charge in [0.1, 0.15) is 17.7 Å². The summed E-state index contributed by atoms with van der Waals surface area (Å²) < 4.78 is 0. The van der Waals surface area contributed by atoms with Gasteiger partial charge in [-0.3, -0.25) is 4.79 Å². The van der Waals surface area contributed by atoms with E-state index in [2.05, 4.69) is 16.7 Å². The van der Waals surface area contributed by atoms with E-state index >= 15 is 0 Å². The van der Waals surface area contributed by atoms with Gasteiger partial charge >= 0.3 is 0 Å². The van der Waals surface area contributed by atoms with Gasteiger partial charge in [0.2, 0.25) is 0 Å². The Kier molecular flexibility index (Phi) is 9.66. The van der Waals surface area contributed by atoms with Crippen molar-refractivity contribution in [2.75, 3.05) is 5.32 Å². The number of para-hydroxylation sites is 1. The number of benzene rings is 1. The number of rotatable bonds is 4. The molecule has 0 unspecified atom stereocenters. The smallest absolute Gasteiger partial charge is 0.263 e. The molecule has 1 aromatic rings. The van der Waals surface area contributed by atoms with Gasteiger partial charge in [0.15, 0.2) is 0 Å². The zero-order valence-corrected chi connectivity index (χ0v) is 16.5. The number of hydrogen-bond donors (Lipinski definition) is 2. The highest BCUT2D eigenvalue weighted by atomic mass is 16.1. The molecule has 28 heavy (non-hydrogen) atoms. The Morgan fingerprint density at radius 2 is 1.50 bits per heavy atom. The van der Waals surface area contributed by atoms with Crippen LogP contribution in [-0.4, -0.2) is 11.9 Å². The van der Waals surface area contributed by atoms with Crippen molar-refractivity contribution in [1.82, 2.24) is 5.32 Å². The first kappa shape index (κ1) is 21.5. The summed E-state index contributed by atoms with van der Waals surface area (Å²) >= 11 is 0. The fourth-order valence-electron chi connectivity index (χ4n) is 3.58. The van der Waals surface area contributed by atoms with E-state index < -0.39 is 0 Å². The third kappa shape index (κ3) is 7.45. The number of amides is 1. The molecule has 0 bridgehead atoms. The molecular formula is C23H30N4O. The van der Waals surface area contributed by atoms with Crippen LogP contribution in [0, 0.1) is 22.7 Å². The van der Waals surface area contributed by atoms with Crippen LogP contribution in [-0.2, 0) is 4.79 Å². The number of nitrogens with one attached hydrogen (secondary N) is 2. The number of nitriles is 2. The summed E-state index contributed by atoms with van der Waals surface area (Å²) in [6.45, 7) is 0. The van der Waals surface area contributed by atoms with Gasteiger partial charge in [0, 0.05) is 12.2 Å². The number of carbonyl (C=O) groups is 1. The molecule has 2 rings (SSSR count). The van der Waals surface area contributed by atoms with Crippen LogP contribution in [0.1, 0.15) is 76.2 Å². The second-order valence-corrected chi connectivity index (χ2v) is 7.40. The van der Waals surface area contributed by atoms with Crippen molar-refractivity contribution in [3.8, 4) is 12.1 Å². The Morgan fingerprint density at radius 3 is 2.07 bits per heavy atom. The van der Waals surface area contributed by atoms with Crippen molar-refractivity contribution in [2.45, 2.75) is 76.7 Å². The fraction of sp³-hybridized carbons (Fsp3) is 0.522. The van der Waals surface area contributed by atoms with Crippen LogP contribution in [0.2, 0.25) is 0 Å². The lowest BCUT2D eigenvalue weighted by molar-refractivity contribution is -0.117. The topological polar surface area (TPSA) is 88.7 Å². The second-order valence-electron chi connectivity index (χ2n) is 7.40. The Morgan fingerprint density at radius 1 is 0.929 bits per heavy atom. The van der Waals surface area contributed by atoms with Gasteiger partial charge in [-0.1, -0.05) is 69.9 Å². The van der Waals surface area contributed by atoms with E-state index in [0.29, 0.717) is 11.3 Å². The van der Waals surface area contributed by atoms with Crippen molar-refractivity contribution < 1.29 is 4.79 Å². The lowest BCUT2D eigenvalue weighted by atomic mass is 9.98. The van der Waals surface area contributed by atoms with Gasteiger partial charge in [-0.05, 0) is 25.0 Å². The second kappa shape index (κ2) is 12.6. The maximum absolute atomic E-state index is 12.6. The summed E-state index contributed by atoms with van der Waals surface area (Å²) in [4.78, 5) is 12.6. The summed E-state index contributed by atoms with van der Waals surface area (Å²) in [5.74, 6) is -0.346. The average molecular weight is 379 g/mol. The minimum atomic E-state index is -0.346. The summed E-state index contributed by atoms with van der Waals surface area (Å²) in [7, 11) is 0. The van der Waals surface area contributed by atoms with Gasteiger partial charge in [-0.2, -0.15) is 10.5 Å². The highest BCUT2D eigenvalue weighted by molar-refractivity contribution is 5.97. The molecule has 1 aliphatic rings. The van der Waals surface area contributed by atoms with Crippen LogP contribution in [0.15, 0.2) is 36.0 Å². The van der Waals surface area contributed by atoms with Crippen molar-refractivity contribution in [1.29, 1.82) is 10.5 Å². The molecule has 1 saturated carbocycles. The van der Waals surface area contributed by atoms with E-state index in [0.717, 1.165) is 25.7 Å². The third-order valence-electron chi connectivity index (χ3n) is 5.22. The Bertz CT molecular complexity index is 730. The predicted octanol–water partition coefficient (Wildman–Crippen LogP) is 5.17. The van der Waals surface area contributed by atoms with E-state index in [-0.39, 0.29) is 17.5 Å². The van der Waals surface area contributed by atoms with Gasteiger partial charge in [-0.25, -0.2) is 0 Å². The molecule has 1 fully saturated rings. The number of carbonyl (C=O) groups excluding carboxylic acids is 1. The van der Waals surface area contributed by atoms with Crippen molar-refractivity contribution in [3.05, 3.63) is 41.6 Å². The van der Waals surface area contributed by atoms with E-state index in [1.165, 1.54) is 51.1 Å². The minimum Gasteiger partial charge on any atom is -0.359 e. The molecule has 1 aromatic carbocycles. The molecule has 0 radical (unpaired) electrons. The molecule has 0 aliphatic heterocycles. The zero-order chi connectivity index (χ0) is 20.0. The highest BCUT2D eigenvalue weighted by Crippen LogP contribution is 2.18. The van der Waals surface area contributed by atoms with E-state index in [1.54, 1.807) is 24.3 Å². The molecule has 0 heterocycles. The first-order valence-corrected chi connectivity index (χ1v) is 10.4. The normalized spacial score (nSPS) is 17.3. The number of anilines is 1. The molecule has 148 valence electrons. The van der Waals surface area contributed by atoms with Gasteiger partial charge in [-0.15, -0.1) is 0 Å². The monoisotopic (exact) mass is 378 g/mol. The molecule has 0 atom stereocenters. The standard InChI is InChI=1S/C23H30N4O/c24-16-19-12-10-11-15-22(19)26-18-20(17-25)23(28)27-21-13-8-6-4-2-1-3-5-7-9-14-21/h10-12,15,18,21,26H,1-9,13-14H2,(H,27,28)/b20-18-. The van der Waals surface area contributed by atoms with Crippen molar-refractivity contribution >= 4 is 11.6 Å². The molecule has 5 heteroatoms. The summed E-state index contributed by atoms with van der Waals surface area (Å²) in [6.07, 6.45) is 14.5. The molecular weight excluding hydrogens is 348 g/mol. The Balaban J connectivity index is 1.96. The molecule has 1 aliphatic carbocycles. The number of nitrogens with zero attached hydrogens (tertiary/aromatic N) is 2. The quantitative estimate of drug-likeness (QED) is 0.559. The molecule has 0 aromatic heterocycles. The maximum Gasteiger partial charge on any atom is 0.263 e. The van der Waals surface area contributed by atoms with E-state index in [9.17, 15) is 10.1 Å². The zero-order valence-electron chi connectivity index (χ0n) is 16.5. The SMILES string of the molecule is N#C/C(=C/Nc1ccccc1C#N)C(=O)NC1CCCCCCCCCCC1. The van der Waals surface area contributed by atoms with E-state index in [4.69, 9.17) is 5.26 Å². The van der Waals surface area contributed by atoms with E-state index in [1.807, 2.05) is 6.07 Å². The predicted molar refractivity (Wildman–Crippen MR) is 111 cm³/mol. The van der Waals surface area contributed by atoms with Crippen molar-refractivity contribution in [2.24, 2.45) is 0 Å². The highest BCUT2D eigenvalue weighted by Gasteiger charge is 2.16. The summed E-state index contributed by atoms with van der Waals surface area (Å²) in [6, 6.07) is 11.2. The van der Waals surface area contributed by atoms with Gasteiger partial charge < -0.3 is 10.6 Å². The largest absolute Gasteiger partial charge is 0.359 e. The fourth-order valence-corrected chi connectivity index (χ4v) is 3.58. The van der Waals surface area contributed by atoms with Gasteiger partial charge in [0.25, 0.3) is 5.91 Å². The van der Waals surface area contributed by atoms with Crippen LogP contribution in [0.4, 0.5) is 5.69 Å². The Labute approximate surface area is 168 Å². The van der Waals surface area contributed by atoms with Crippen LogP contribution >= 0.6 is 0 Å². The summed E-state index contributed by atoms with van der Waals surface area (Å²) in [5.41, 5.74) is 1.08. The average Bonchev–Trinajstić information content (AvgIpc) is 2.70. The molecule has 0 saturated heterocycles. The number of hydrogen-bond acceptors (Lipinski definition) is 4. The Hall–Kier alpha value is -2.79. The van der Waals surface area contributed by atoms with Gasteiger partial charge in [0.05, 0.1) is 11.3 Å². The lowest BCUT2D eigenvalue weighted by Crippen LogP contribution is -2.35. The first-order valence-electron chi connectivity index (χ1n) is 10.4. The van der Waals surface area contributed by atoms with Crippen LogP contribution in [0.3, 0.4) is 0 Å². The van der Waals surface area contributed by atoms with Crippen LogP contribution in [0.25, 0.3) is 0 Å². The summed E-state index contributed by atoms with van der Waals surface area (Å²) in [5, 5.41) is 24.5. The first-order chi connectivity index (χ1) is 13.7. The van der Waals surface area contributed by atoms with Crippen LogP contribution in [0.5, 0.6) is 0 Å². The minimum absolute atomic E-state index is 0.0267. The molecule has 1 amide bonds. The van der Waals surface area contributed by atoms with Crippen molar-refractivity contribution in [3.63, 3.8) is 0 Å².